The van der Waals surface area contributed by atoms with Crippen molar-refractivity contribution in [3.05, 3.63) is 75.6 Å². The second kappa shape index (κ2) is 12.6. The fraction of sp³-hybridized carbons (Fsp3) is 0.333. The maximum atomic E-state index is 13.3. The Morgan fingerprint density at radius 1 is 1.23 bits per heavy atom. The number of methoxy groups -OCH3 is 1. The molecule has 1 atom stereocenters. The maximum Gasteiger partial charge on any atom is 0.266 e. The van der Waals surface area contributed by atoms with Gasteiger partial charge in [-0.15, -0.1) is 11.3 Å². The summed E-state index contributed by atoms with van der Waals surface area (Å²) in [4.78, 5) is 18.8. The molecule has 0 aliphatic carbocycles. The first-order chi connectivity index (χ1) is 19.0. The van der Waals surface area contributed by atoms with E-state index in [1.165, 1.54) is 11.3 Å². The van der Waals surface area contributed by atoms with Gasteiger partial charge in [-0.25, -0.2) is 0 Å². The van der Waals surface area contributed by atoms with Crippen LogP contribution in [0.2, 0.25) is 0 Å². The number of hydrogen-bond acceptors (Lipinski definition) is 7. The van der Waals surface area contributed by atoms with Gasteiger partial charge in [0.25, 0.3) is 5.91 Å². The molecular formula is C30H35N5O3S. The molecule has 204 valence electrons. The molecule has 1 aliphatic heterocycles. The summed E-state index contributed by atoms with van der Waals surface area (Å²) in [5.74, 6) is -0.107. The minimum absolute atomic E-state index is 0.107. The van der Waals surface area contributed by atoms with E-state index in [9.17, 15) is 4.79 Å². The number of benzene rings is 2. The SMILES string of the molecule is COCCN(c1ccc(C=Cc2n[nH]c3ccccc23)c(NC(=O)c2sccc2C)c1)C(C)N1CCOCC1. The lowest BCUT2D eigenvalue weighted by Crippen LogP contribution is -2.52. The standard InChI is InChI=1S/C30H35N5O3S/c1-21-12-19-39-29(21)30(36)31-28-20-24(35(15-16-37-3)22(2)34-13-17-38-18-14-34)10-8-23(28)9-11-27-25-6-4-5-7-26(25)32-33-27/h4-12,19-20,22H,13-18H2,1-3H3,(H,31,36)(H,32,33). The third-order valence-electron chi connectivity index (χ3n) is 7.17. The van der Waals surface area contributed by atoms with Crippen LogP contribution in [0.15, 0.2) is 53.9 Å². The van der Waals surface area contributed by atoms with E-state index in [2.05, 4.69) is 50.4 Å². The van der Waals surface area contributed by atoms with E-state index in [0.717, 1.165) is 71.9 Å². The molecule has 5 rings (SSSR count). The molecule has 4 aromatic rings. The van der Waals surface area contributed by atoms with E-state index in [1.807, 2.05) is 54.8 Å². The number of nitrogens with one attached hydrogen (secondary N) is 2. The molecule has 3 heterocycles. The zero-order valence-corrected chi connectivity index (χ0v) is 23.5. The normalized spacial score (nSPS) is 15.2. The number of aromatic nitrogens is 2. The molecule has 1 fully saturated rings. The summed E-state index contributed by atoms with van der Waals surface area (Å²) in [6.45, 7) is 8.71. The van der Waals surface area contributed by atoms with Crippen molar-refractivity contribution in [1.82, 2.24) is 15.1 Å². The fourth-order valence-electron chi connectivity index (χ4n) is 4.91. The van der Waals surface area contributed by atoms with Gasteiger partial charge in [-0.1, -0.05) is 30.3 Å². The van der Waals surface area contributed by atoms with Crippen molar-refractivity contribution < 1.29 is 14.3 Å². The van der Waals surface area contributed by atoms with Crippen molar-refractivity contribution in [3.63, 3.8) is 0 Å². The van der Waals surface area contributed by atoms with Crippen LogP contribution in [0.25, 0.3) is 23.1 Å². The van der Waals surface area contributed by atoms with Crippen LogP contribution in [0, 0.1) is 6.92 Å². The average molecular weight is 546 g/mol. The summed E-state index contributed by atoms with van der Waals surface area (Å²) in [6.07, 6.45) is 4.14. The van der Waals surface area contributed by atoms with Gasteiger partial charge >= 0.3 is 0 Å². The van der Waals surface area contributed by atoms with Gasteiger partial charge in [0, 0.05) is 37.8 Å². The first-order valence-electron chi connectivity index (χ1n) is 13.2. The number of hydrogen-bond donors (Lipinski definition) is 2. The van der Waals surface area contributed by atoms with Crippen molar-refractivity contribution >= 4 is 51.7 Å². The van der Waals surface area contributed by atoms with Crippen molar-refractivity contribution in [1.29, 1.82) is 0 Å². The van der Waals surface area contributed by atoms with Gasteiger partial charge in [0.2, 0.25) is 0 Å². The van der Waals surface area contributed by atoms with Gasteiger partial charge in [-0.3, -0.25) is 14.8 Å². The van der Waals surface area contributed by atoms with E-state index in [0.29, 0.717) is 11.5 Å². The zero-order chi connectivity index (χ0) is 27.2. The molecule has 8 nitrogen and oxygen atoms in total. The van der Waals surface area contributed by atoms with Crippen LogP contribution in [0.4, 0.5) is 11.4 Å². The summed E-state index contributed by atoms with van der Waals surface area (Å²) in [5.41, 5.74) is 5.48. The first-order valence-corrected chi connectivity index (χ1v) is 14.1. The molecule has 0 spiro atoms. The predicted octanol–water partition coefficient (Wildman–Crippen LogP) is 5.49. The molecule has 1 saturated heterocycles. The summed E-state index contributed by atoms with van der Waals surface area (Å²) < 4.78 is 11.0. The second-order valence-corrected chi connectivity index (χ2v) is 10.5. The van der Waals surface area contributed by atoms with Crippen molar-refractivity contribution in [2.75, 3.05) is 56.8 Å². The van der Waals surface area contributed by atoms with E-state index in [1.54, 1.807) is 7.11 Å². The number of nitrogens with zero attached hydrogens (tertiary/aromatic N) is 3. The molecule has 0 radical (unpaired) electrons. The Hall–Kier alpha value is -3.50. The monoisotopic (exact) mass is 545 g/mol. The Kier molecular flexibility index (Phi) is 8.73. The maximum absolute atomic E-state index is 13.3. The number of morpholine rings is 1. The Morgan fingerprint density at radius 3 is 2.82 bits per heavy atom. The smallest absolute Gasteiger partial charge is 0.266 e. The van der Waals surface area contributed by atoms with E-state index in [-0.39, 0.29) is 12.1 Å². The van der Waals surface area contributed by atoms with Gasteiger partial charge in [0.15, 0.2) is 0 Å². The number of thiophene rings is 1. The minimum Gasteiger partial charge on any atom is -0.383 e. The Bertz CT molecular complexity index is 1440. The molecule has 1 unspecified atom stereocenters. The number of ether oxygens (including phenoxy) is 2. The molecule has 0 saturated carbocycles. The number of carbonyl (C=O) groups is 1. The molecule has 2 aromatic heterocycles. The third-order valence-corrected chi connectivity index (χ3v) is 8.18. The lowest BCUT2D eigenvalue weighted by atomic mass is 10.1. The van der Waals surface area contributed by atoms with Crippen LogP contribution in [0.1, 0.15) is 33.4 Å². The number of H-pyrrole nitrogens is 1. The van der Waals surface area contributed by atoms with Gasteiger partial charge in [-0.05, 0) is 60.7 Å². The highest BCUT2D eigenvalue weighted by molar-refractivity contribution is 7.12. The van der Waals surface area contributed by atoms with Crippen LogP contribution >= 0.6 is 11.3 Å². The number of rotatable bonds is 10. The minimum atomic E-state index is -0.107. The lowest BCUT2D eigenvalue weighted by molar-refractivity contribution is 0.0187. The average Bonchev–Trinajstić information content (AvgIpc) is 3.59. The number of carbonyl (C=O) groups excluding carboxylic acids is 1. The highest BCUT2D eigenvalue weighted by Gasteiger charge is 2.24. The Morgan fingerprint density at radius 2 is 2.05 bits per heavy atom. The quantitative estimate of drug-likeness (QED) is 0.274. The predicted molar refractivity (Wildman–Crippen MR) is 160 cm³/mol. The molecule has 9 heteroatoms. The molecule has 0 bridgehead atoms. The molecule has 1 aliphatic rings. The summed E-state index contributed by atoms with van der Waals surface area (Å²) in [7, 11) is 1.72. The summed E-state index contributed by atoms with van der Waals surface area (Å²) in [6, 6.07) is 16.2. The number of anilines is 2. The molecule has 39 heavy (non-hydrogen) atoms. The van der Waals surface area contributed by atoms with Gasteiger partial charge in [-0.2, -0.15) is 5.10 Å². The van der Waals surface area contributed by atoms with Gasteiger partial charge in [0.05, 0.1) is 47.8 Å². The van der Waals surface area contributed by atoms with Crippen molar-refractivity contribution in [2.45, 2.75) is 20.0 Å². The third kappa shape index (κ3) is 6.23. The number of para-hydroxylation sites is 1. The van der Waals surface area contributed by atoms with Crippen LogP contribution in [0.3, 0.4) is 0 Å². The fourth-order valence-corrected chi connectivity index (χ4v) is 5.73. The molecular weight excluding hydrogens is 510 g/mol. The largest absolute Gasteiger partial charge is 0.383 e. The van der Waals surface area contributed by atoms with Gasteiger partial charge < -0.3 is 19.7 Å². The molecule has 1 amide bonds. The molecule has 2 aromatic carbocycles. The Balaban J connectivity index is 1.50. The first kappa shape index (κ1) is 27.1. The summed E-state index contributed by atoms with van der Waals surface area (Å²) >= 11 is 1.45. The van der Waals surface area contributed by atoms with Crippen LogP contribution in [-0.4, -0.2) is 73.7 Å². The lowest BCUT2D eigenvalue weighted by Gasteiger charge is -2.40. The Labute approximate surface area is 233 Å². The van der Waals surface area contributed by atoms with Crippen molar-refractivity contribution in [3.8, 4) is 0 Å². The highest BCUT2D eigenvalue weighted by Crippen LogP contribution is 2.30. The van der Waals surface area contributed by atoms with Crippen LogP contribution in [0.5, 0.6) is 0 Å². The van der Waals surface area contributed by atoms with Crippen LogP contribution < -0.4 is 10.2 Å². The number of aryl methyl sites for hydroxylation is 1. The zero-order valence-electron chi connectivity index (χ0n) is 22.6. The van der Waals surface area contributed by atoms with Gasteiger partial charge in [0.1, 0.15) is 0 Å². The van der Waals surface area contributed by atoms with Crippen molar-refractivity contribution in [2.24, 2.45) is 0 Å². The van der Waals surface area contributed by atoms with E-state index < -0.39 is 0 Å². The number of fused-ring (bicyclic) bond motifs is 1. The number of aromatic amines is 1. The van der Waals surface area contributed by atoms with Crippen LogP contribution in [-0.2, 0) is 9.47 Å². The summed E-state index contributed by atoms with van der Waals surface area (Å²) in [5, 5.41) is 13.7. The van der Waals surface area contributed by atoms with E-state index in [4.69, 9.17) is 9.47 Å². The highest BCUT2D eigenvalue weighted by atomic mass is 32.1. The second-order valence-electron chi connectivity index (χ2n) is 9.61. The van der Waals surface area contributed by atoms with E-state index >= 15 is 0 Å². The molecule has 2 N–H and O–H groups in total. The number of amides is 1. The topological polar surface area (TPSA) is 82.7 Å².